The van der Waals surface area contributed by atoms with Gasteiger partial charge in [0, 0.05) is 11.9 Å². The third-order valence-electron chi connectivity index (χ3n) is 3.04. The van der Waals surface area contributed by atoms with Crippen molar-refractivity contribution in [3.63, 3.8) is 0 Å². The Balaban J connectivity index is 1.88. The van der Waals surface area contributed by atoms with Crippen LogP contribution in [0.3, 0.4) is 0 Å². The number of pyridine rings is 1. The van der Waals surface area contributed by atoms with E-state index >= 15 is 0 Å². The Morgan fingerprint density at radius 3 is 2.95 bits per heavy atom. The van der Waals surface area contributed by atoms with Crippen LogP contribution in [-0.4, -0.2) is 31.4 Å². The van der Waals surface area contributed by atoms with Crippen LogP contribution in [0.5, 0.6) is 0 Å². The molecule has 2 aromatic heterocycles. The number of aromatic nitrogens is 3. The Bertz CT molecular complexity index is 580. The second-order valence-electron chi connectivity index (χ2n) is 5.05. The smallest absolute Gasteiger partial charge is 0.309 e. The Morgan fingerprint density at radius 1 is 1.42 bits per heavy atom. The van der Waals surface area contributed by atoms with Gasteiger partial charge >= 0.3 is 5.97 Å². The highest BCUT2D eigenvalue weighted by Gasteiger charge is 2.26. The number of carboxylic acid groups (broad SMARTS) is 1. The van der Waals surface area contributed by atoms with Gasteiger partial charge in [0.2, 0.25) is 0 Å². The minimum absolute atomic E-state index is 0.659. The van der Waals surface area contributed by atoms with Crippen molar-refractivity contribution < 1.29 is 9.90 Å². The van der Waals surface area contributed by atoms with Crippen molar-refractivity contribution in [3.05, 3.63) is 24.4 Å². The van der Waals surface area contributed by atoms with Gasteiger partial charge in [-0.3, -0.25) is 9.20 Å². The van der Waals surface area contributed by atoms with Crippen molar-refractivity contribution >= 4 is 23.4 Å². The van der Waals surface area contributed by atoms with Crippen LogP contribution < -0.4 is 0 Å². The van der Waals surface area contributed by atoms with E-state index in [4.69, 9.17) is 5.11 Å². The predicted octanol–water partition coefficient (Wildman–Crippen LogP) is 2.71. The number of hydrogen-bond donors (Lipinski definition) is 1. The molecule has 0 aliphatic rings. The monoisotopic (exact) mass is 279 g/mol. The highest BCUT2D eigenvalue weighted by Crippen LogP contribution is 2.25. The van der Waals surface area contributed by atoms with Crippen LogP contribution in [0.2, 0.25) is 0 Å². The first-order valence-electron chi connectivity index (χ1n) is 6.17. The quantitative estimate of drug-likeness (QED) is 0.650. The molecule has 6 heteroatoms. The molecule has 0 aliphatic heterocycles. The standard InChI is InChI=1S/C13H17N3O2S/c1-13(2,11(17)18)7-5-9-19-12-15-14-10-6-3-4-8-16(10)12/h3-4,6,8H,5,7,9H2,1-2H3,(H,17,18). The summed E-state index contributed by atoms with van der Waals surface area (Å²) in [7, 11) is 0. The number of nitrogens with zero attached hydrogens (tertiary/aromatic N) is 3. The maximum atomic E-state index is 11.0. The summed E-state index contributed by atoms with van der Waals surface area (Å²) in [6.45, 7) is 3.51. The Hall–Kier alpha value is -1.56. The lowest BCUT2D eigenvalue weighted by Gasteiger charge is -2.18. The molecule has 0 saturated carbocycles. The van der Waals surface area contributed by atoms with E-state index in [1.54, 1.807) is 25.6 Å². The van der Waals surface area contributed by atoms with Gasteiger partial charge in [-0.2, -0.15) is 0 Å². The van der Waals surface area contributed by atoms with E-state index in [1.807, 2.05) is 28.8 Å². The molecule has 1 N–H and O–H groups in total. The maximum absolute atomic E-state index is 11.0. The summed E-state index contributed by atoms with van der Waals surface area (Å²) in [5.74, 6) is 0.0947. The third-order valence-corrected chi connectivity index (χ3v) is 4.07. The second kappa shape index (κ2) is 5.61. The average Bonchev–Trinajstić information content (AvgIpc) is 2.78. The van der Waals surface area contributed by atoms with Gasteiger partial charge in [0.25, 0.3) is 0 Å². The van der Waals surface area contributed by atoms with Crippen molar-refractivity contribution in [1.29, 1.82) is 0 Å². The van der Waals surface area contributed by atoms with Crippen LogP contribution in [0.4, 0.5) is 0 Å². The van der Waals surface area contributed by atoms with Crippen LogP contribution in [0.25, 0.3) is 5.65 Å². The summed E-state index contributed by atoms with van der Waals surface area (Å²) >= 11 is 1.61. The number of hydrogen-bond acceptors (Lipinski definition) is 4. The zero-order chi connectivity index (χ0) is 13.9. The van der Waals surface area contributed by atoms with Gasteiger partial charge in [-0.15, -0.1) is 10.2 Å². The fraction of sp³-hybridized carbons (Fsp3) is 0.462. The molecule has 5 nitrogen and oxygen atoms in total. The molecule has 2 rings (SSSR count). The van der Waals surface area contributed by atoms with Gasteiger partial charge in [-0.1, -0.05) is 17.8 Å². The molecule has 0 aromatic carbocycles. The number of carbonyl (C=O) groups is 1. The van der Waals surface area contributed by atoms with Crippen LogP contribution >= 0.6 is 11.8 Å². The summed E-state index contributed by atoms with van der Waals surface area (Å²) in [4.78, 5) is 11.0. The molecule has 0 aliphatic carbocycles. The fourth-order valence-electron chi connectivity index (χ4n) is 1.70. The first-order chi connectivity index (χ1) is 9.00. The van der Waals surface area contributed by atoms with Gasteiger partial charge in [0.15, 0.2) is 10.8 Å². The van der Waals surface area contributed by atoms with Gasteiger partial charge in [0.05, 0.1) is 5.41 Å². The fourth-order valence-corrected chi connectivity index (χ4v) is 2.57. The zero-order valence-corrected chi connectivity index (χ0v) is 11.9. The normalized spacial score (nSPS) is 11.9. The van der Waals surface area contributed by atoms with E-state index in [1.165, 1.54) is 0 Å². The summed E-state index contributed by atoms with van der Waals surface area (Å²) in [5.41, 5.74) is 0.170. The van der Waals surface area contributed by atoms with Crippen molar-refractivity contribution in [2.45, 2.75) is 31.8 Å². The lowest BCUT2D eigenvalue weighted by Crippen LogP contribution is -2.23. The molecule has 2 aromatic rings. The molecule has 0 spiro atoms. The van der Waals surface area contributed by atoms with E-state index < -0.39 is 11.4 Å². The molecule has 102 valence electrons. The van der Waals surface area contributed by atoms with Gasteiger partial charge in [-0.05, 0) is 38.8 Å². The Labute approximate surface area is 116 Å². The van der Waals surface area contributed by atoms with E-state index in [0.717, 1.165) is 23.0 Å². The SMILES string of the molecule is CC(C)(CCCSc1nnc2ccccn12)C(=O)O. The van der Waals surface area contributed by atoms with Gasteiger partial charge in [-0.25, -0.2) is 0 Å². The van der Waals surface area contributed by atoms with Crippen LogP contribution in [0.15, 0.2) is 29.6 Å². The molecule has 0 radical (unpaired) electrons. The second-order valence-corrected chi connectivity index (χ2v) is 6.11. The first-order valence-corrected chi connectivity index (χ1v) is 7.15. The summed E-state index contributed by atoms with van der Waals surface area (Å²) in [6.07, 6.45) is 3.43. The van der Waals surface area contributed by atoms with E-state index in [0.29, 0.717) is 6.42 Å². The molecule has 2 heterocycles. The molecule has 0 amide bonds. The predicted molar refractivity (Wildman–Crippen MR) is 74.4 cm³/mol. The number of rotatable bonds is 6. The topological polar surface area (TPSA) is 67.5 Å². The number of carboxylic acids is 1. The lowest BCUT2D eigenvalue weighted by molar-refractivity contribution is -0.147. The van der Waals surface area contributed by atoms with E-state index in [2.05, 4.69) is 10.2 Å². The van der Waals surface area contributed by atoms with Crippen LogP contribution in [0.1, 0.15) is 26.7 Å². The Morgan fingerprint density at radius 2 is 2.21 bits per heavy atom. The van der Waals surface area contributed by atoms with Gasteiger partial charge in [0.1, 0.15) is 0 Å². The molecule has 0 atom stereocenters. The summed E-state index contributed by atoms with van der Waals surface area (Å²) in [6, 6.07) is 5.77. The molecule has 0 unspecified atom stereocenters. The summed E-state index contributed by atoms with van der Waals surface area (Å²) < 4.78 is 1.94. The van der Waals surface area contributed by atoms with E-state index in [9.17, 15) is 4.79 Å². The van der Waals surface area contributed by atoms with E-state index in [-0.39, 0.29) is 0 Å². The van der Waals surface area contributed by atoms with Crippen molar-refractivity contribution in [2.75, 3.05) is 5.75 Å². The van der Waals surface area contributed by atoms with Crippen molar-refractivity contribution in [3.8, 4) is 0 Å². The van der Waals surface area contributed by atoms with Crippen LogP contribution in [0, 0.1) is 5.41 Å². The van der Waals surface area contributed by atoms with Crippen molar-refractivity contribution in [2.24, 2.45) is 5.41 Å². The molecule has 0 bridgehead atoms. The molecule has 19 heavy (non-hydrogen) atoms. The molecular weight excluding hydrogens is 262 g/mol. The highest BCUT2D eigenvalue weighted by atomic mass is 32.2. The van der Waals surface area contributed by atoms with Crippen molar-refractivity contribution in [1.82, 2.24) is 14.6 Å². The van der Waals surface area contributed by atoms with Gasteiger partial charge < -0.3 is 5.11 Å². The summed E-state index contributed by atoms with van der Waals surface area (Å²) in [5, 5.41) is 18.1. The molecule has 0 fully saturated rings. The largest absolute Gasteiger partial charge is 0.481 e. The molecule has 0 saturated heterocycles. The minimum Gasteiger partial charge on any atom is -0.481 e. The lowest BCUT2D eigenvalue weighted by atomic mass is 9.88. The number of aliphatic carboxylic acids is 1. The number of thioether (sulfide) groups is 1. The molecular formula is C13H17N3O2S. The third kappa shape index (κ3) is 3.26. The highest BCUT2D eigenvalue weighted by molar-refractivity contribution is 7.99. The minimum atomic E-state index is -0.745. The maximum Gasteiger partial charge on any atom is 0.309 e. The Kier molecular flexibility index (Phi) is 4.09. The zero-order valence-electron chi connectivity index (χ0n) is 11.0. The van der Waals surface area contributed by atoms with Crippen LogP contribution in [-0.2, 0) is 4.79 Å². The first kappa shape index (κ1) is 13.9. The average molecular weight is 279 g/mol. The number of fused-ring (bicyclic) bond motifs is 1.